The highest BCUT2D eigenvalue weighted by Gasteiger charge is 2.53. The number of likely N-dealkylation sites (tertiary alicyclic amines) is 1. The Hall–Kier alpha value is -2.29. The number of aliphatic carboxylic acids is 2. The van der Waals surface area contributed by atoms with E-state index in [0.717, 1.165) is 45.6 Å². The summed E-state index contributed by atoms with van der Waals surface area (Å²) in [5, 5.41) is 25.8. The number of allylic oxidation sites excluding steroid dienone is 1. The standard InChI is InChI=1S/C22H32N2OS.2C2HF3O2/c1-17(2)7-10-23-11-8-22(9-12-23)19-6-4-3-5-18(19)20(21(22)25)24-13-15-26-16-14-24;2*3-2(4,5)1(6)7/h3-7,20-21,25H,8-16H2,1-2H3;2*(H,6,7)/t20-,21+;;/m1../s1. The van der Waals surface area contributed by atoms with Gasteiger partial charge in [-0.1, -0.05) is 35.9 Å². The molecular formula is C26H34F6N2O5S. The van der Waals surface area contributed by atoms with Gasteiger partial charge in [-0.3, -0.25) is 9.80 Å². The van der Waals surface area contributed by atoms with Gasteiger partial charge >= 0.3 is 24.3 Å². The molecule has 1 spiro atoms. The van der Waals surface area contributed by atoms with E-state index in [4.69, 9.17) is 19.8 Å². The molecule has 40 heavy (non-hydrogen) atoms. The van der Waals surface area contributed by atoms with E-state index in [-0.39, 0.29) is 17.6 Å². The number of halogens is 6. The molecule has 0 bridgehead atoms. The summed E-state index contributed by atoms with van der Waals surface area (Å²) in [6, 6.07) is 9.08. The van der Waals surface area contributed by atoms with E-state index < -0.39 is 24.3 Å². The molecule has 14 heteroatoms. The first kappa shape index (κ1) is 33.9. The van der Waals surface area contributed by atoms with Gasteiger partial charge in [-0.05, 0) is 50.9 Å². The number of carbonyl (C=O) groups is 2. The highest BCUT2D eigenvalue weighted by atomic mass is 32.2. The van der Waals surface area contributed by atoms with Crippen molar-refractivity contribution in [2.75, 3.05) is 44.2 Å². The van der Waals surface area contributed by atoms with Crippen LogP contribution in [-0.4, -0.2) is 99.7 Å². The Kier molecular flexibility index (Phi) is 11.9. The second-order valence-electron chi connectivity index (χ2n) is 9.97. The lowest BCUT2D eigenvalue weighted by Crippen LogP contribution is -2.50. The van der Waals surface area contributed by atoms with Crippen molar-refractivity contribution in [2.45, 2.75) is 56.6 Å². The van der Waals surface area contributed by atoms with Crippen molar-refractivity contribution < 1.29 is 51.3 Å². The zero-order valence-corrected chi connectivity index (χ0v) is 23.0. The fraction of sp³-hybridized carbons (Fsp3) is 0.615. The van der Waals surface area contributed by atoms with Crippen molar-refractivity contribution in [2.24, 2.45) is 0 Å². The van der Waals surface area contributed by atoms with Crippen molar-refractivity contribution >= 4 is 23.7 Å². The second-order valence-corrected chi connectivity index (χ2v) is 11.2. The summed E-state index contributed by atoms with van der Waals surface area (Å²) in [6.07, 6.45) is -5.97. The van der Waals surface area contributed by atoms with Gasteiger partial charge in [-0.15, -0.1) is 0 Å². The molecule has 1 aromatic rings. The summed E-state index contributed by atoms with van der Waals surface area (Å²) >= 11 is 2.04. The molecule has 7 nitrogen and oxygen atoms in total. The zero-order chi connectivity index (χ0) is 30.3. The number of hydrogen-bond donors (Lipinski definition) is 3. The number of aliphatic hydroxyl groups is 1. The molecule has 0 amide bonds. The van der Waals surface area contributed by atoms with Crippen LogP contribution in [-0.2, 0) is 15.0 Å². The first-order chi connectivity index (χ1) is 18.5. The van der Waals surface area contributed by atoms with Gasteiger partial charge in [0.2, 0.25) is 0 Å². The first-order valence-corrected chi connectivity index (χ1v) is 13.7. The van der Waals surface area contributed by atoms with Crippen LogP contribution in [0.3, 0.4) is 0 Å². The molecule has 4 rings (SSSR count). The van der Waals surface area contributed by atoms with E-state index in [1.807, 2.05) is 11.8 Å². The van der Waals surface area contributed by atoms with Crippen molar-refractivity contribution in [3.8, 4) is 0 Å². The summed E-state index contributed by atoms with van der Waals surface area (Å²) in [5.41, 5.74) is 4.16. The van der Waals surface area contributed by atoms with Gasteiger partial charge in [0.15, 0.2) is 0 Å². The molecule has 0 radical (unpaired) electrons. The maximum Gasteiger partial charge on any atom is 0.490 e. The monoisotopic (exact) mass is 600 g/mol. The van der Waals surface area contributed by atoms with E-state index in [1.54, 1.807) is 0 Å². The zero-order valence-electron chi connectivity index (χ0n) is 22.1. The molecule has 2 atom stereocenters. The third kappa shape index (κ3) is 8.85. The lowest BCUT2D eigenvalue weighted by atomic mass is 9.72. The highest BCUT2D eigenvalue weighted by molar-refractivity contribution is 7.99. The molecule has 2 saturated heterocycles. The van der Waals surface area contributed by atoms with Gasteiger partial charge in [0.25, 0.3) is 0 Å². The molecule has 3 aliphatic rings. The third-order valence-electron chi connectivity index (χ3n) is 7.11. The number of carboxylic acid groups (broad SMARTS) is 2. The molecule has 2 heterocycles. The summed E-state index contributed by atoms with van der Waals surface area (Å²) in [5.74, 6) is -3.14. The maximum absolute atomic E-state index is 11.6. The number of benzene rings is 1. The van der Waals surface area contributed by atoms with Gasteiger partial charge in [-0.25, -0.2) is 9.59 Å². The largest absolute Gasteiger partial charge is 0.490 e. The Morgan fingerprint density at radius 2 is 1.43 bits per heavy atom. The lowest BCUT2D eigenvalue weighted by molar-refractivity contribution is -0.193. The van der Waals surface area contributed by atoms with E-state index in [2.05, 4.69) is 54.0 Å². The van der Waals surface area contributed by atoms with Crippen LogP contribution in [0, 0.1) is 0 Å². The summed E-state index contributed by atoms with van der Waals surface area (Å²) in [4.78, 5) is 22.9. The SMILES string of the molecule is CC(C)=CCN1CCC2(CC1)c1ccccc1[C@@H](N1CCSCC1)[C@@H]2O.O=C(O)C(F)(F)F.O=C(O)C(F)(F)F. The number of nitrogens with zero attached hydrogens (tertiary/aromatic N) is 2. The Labute approximate surface area is 232 Å². The average molecular weight is 601 g/mol. The molecule has 2 fully saturated rings. The van der Waals surface area contributed by atoms with Gasteiger partial charge in [0.1, 0.15) is 0 Å². The smallest absolute Gasteiger partial charge is 0.475 e. The van der Waals surface area contributed by atoms with Crippen LogP contribution in [0.25, 0.3) is 0 Å². The van der Waals surface area contributed by atoms with Crippen LogP contribution in [0.4, 0.5) is 26.3 Å². The quantitative estimate of drug-likeness (QED) is 0.339. The molecule has 226 valence electrons. The lowest BCUT2D eigenvalue weighted by Gasteiger charge is -2.44. The number of thioether (sulfide) groups is 1. The number of hydrogen-bond acceptors (Lipinski definition) is 6. The normalized spacial score (nSPS) is 22.7. The molecule has 3 N–H and O–H groups in total. The van der Waals surface area contributed by atoms with E-state index in [0.29, 0.717) is 0 Å². The fourth-order valence-electron chi connectivity index (χ4n) is 5.10. The minimum atomic E-state index is -5.08. The minimum absolute atomic E-state index is 0.0483. The van der Waals surface area contributed by atoms with Crippen LogP contribution >= 0.6 is 11.8 Å². The molecule has 1 aliphatic carbocycles. The Bertz CT molecular complexity index is 1010. The number of aliphatic hydroxyl groups excluding tert-OH is 1. The number of carboxylic acids is 2. The summed E-state index contributed by atoms with van der Waals surface area (Å²) in [7, 11) is 0. The van der Waals surface area contributed by atoms with Crippen LogP contribution in [0.15, 0.2) is 35.9 Å². The fourth-order valence-corrected chi connectivity index (χ4v) is 6.03. The van der Waals surface area contributed by atoms with Crippen molar-refractivity contribution in [1.29, 1.82) is 0 Å². The molecule has 1 aromatic carbocycles. The number of fused-ring (bicyclic) bond motifs is 2. The van der Waals surface area contributed by atoms with Gasteiger partial charge in [0.05, 0.1) is 12.1 Å². The number of piperidine rings is 1. The van der Waals surface area contributed by atoms with Crippen LogP contribution in [0.5, 0.6) is 0 Å². The Balaban J connectivity index is 0.000000333. The van der Waals surface area contributed by atoms with E-state index in [9.17, 15) is 31.4 Å². The van der Waals surface area contributed by atoms with Crippen LogP contribution in [0.2, 0.25) is 0 Å². The molecular weight excluding hydrogens is 566 g/mol. The number of rotatable bonds is 3. The van der Waals surface area contributed by atoms with E-state index >= 15 is 0 Å². The summed E-state index contributed by atoms with van der Waals surface area (Å²) in [6.45, 7) is 9.75. The predicted molar refractivity (Wildman–Crippen MR) is 138 cm³/mol. The van der Waals surface area contributed by atoms with Crippen LogP contribution in [0.1, 0.15) is 43.9 Å². The molecule has 0 aromatic heterocycles. The first-order valence-electron chi connectivity index (χ1n) is 12.6. The van der Waals surface area contributed by atoms with Gasteiger partial charge in [0, 0.05) is 36.6 Å². The summed E-state index contributed by atoms with van der Waals surface area (Å²) < 4.78 is 63.5. The third-order valence-corrected chi connectivity index (χ3v) is 8.05. The van der Waals surface area contributed by atoms with Gasteiger partial charge < -0.3 is 15.3 Å². The second kappa shape index (κ2) is 14.1. The Morgan fingerprint density at radius 3 is 1.88 bits per heavy atom. The maximum atomic E-state index is 11.6. The van der Waals surface area contributed by atoms with Crippen molar-refractivity contribution in [3.63, 3.8) is 0 Å². The highest BCUT2D eigenvalue weighted by Crippen LogP contribution is 2.53. The molecule has 2 aliphatic heterocycles. The average Bonchev–Trinajstić information content (AvgIpc) is 3.11. The van der Waals surface area contributed by atoms with E-state index in [1.165, 1.54) is 28.2 Å². The molecule has 0 unspecified atom stereocenters. The minimum Gasteiger partial charge on any atom is -0.475 e. The molecule has 0 saturated carbocycles. The number of alkyl halides is 6. The van der Waals surface area contributed by atoms with Crippen molar-refractivity contribution in [3.05, 3.63) is 47.0 Å². The van der Waals surface area contributed by atoms with Crippen molar-refractivity contribution in [1.82, 2.24) is 9.80 Å². The Morgan fingerprint density at radius 1 is 0.950 bits per heavy atom. The topological polar surface area (TPSA) is 101 Å². The predicted octanol–water partition coefficient (Wildman–Crippen LogP) is 4.72. The van der Waals surface area contributed by atoms with Gasteiger partial charge in [-0.2, -0.15) is 38.1 Å². The van der Waals surface area contributed by atoms with Crippen LogP contribution < -0.4 is 0 Å².